The Kier molecular flexibility index (Phi) is 4.92. The third kappa shape index (κ3) is 3.60. The van der Waals surface area contributed by atoms with E-state index in [1.807, 2.05) is 19.1 Å². The number of hydrogen-bond donors (Lipinski definition) is 3. The summed E-state index contributed by atoms with van der Waals surface area (Å²) in [6.45, 7) is 1.99. The molecule has 2 aromatic rings. The summed E-state index contributed by atoms with van der Waals surface area (Å²) in [5.41, 5.74) is 3.57. The first-order valence-corrected chi connectivity index (χ1v) is 8.26. The molecule has 1 saturated heterocycles. The van der Waals surface area contributed by atoms with Gasteiger partial charge in [0.1, 0.15) is 0 Å². The predicted molar refractivity (Wildman–Crippen MR) is 96.1 cm³/mol. The molecule has 3 N–H and O–H groups in total. The Labute approximate surface area is 150 Å². The smallest absolute Gasteiger partial charge is 0.274 e. The van der Waals surface area contributed by atoms with Crippen LogP contribution < -0.4 is 15.7 Å². The molecule has 0 saturated carbocycles. The standard InChI is InChI=1S/C18H18ClN3O3/c1-11-16(20-14-6-2-12(3-7-14)18(24)21-25)10-17(23)22(11)15-8-4-13(19)5-9-15/h2-9,11,16,20,25H,10H2,1H3,(H,21,24). The average molecular weight is 360 g/mol. The molecule has 1 heterocycles. The van der Waals surface area contributed by atoms with Crippen molar-refractivity contribution >= 4 is 34.8 Å². The minimum atomic E-state index is -0.565. The molecule has 0 aliphatic carbocycles. The molecule has 0 aromatic heterocycles. The van der Waals surface area contributed by atoms with Gasteiger partial charge >= 0.3 is 0 Å². The number of hydrogen-bond acceptors (Lipinski definition) is 4. The minimum Gasteiger partial charge on any atom is -0.380 e. The number of benzene rings is 2. The van der Waals surface area contributed by atoms with Crippen molar-refractivity contribution < 1.29 is 14.8 Å². The van der Waals surface area contributed by atoms with Crippen LogP contribution in [0, 0.1) is 0 Å². The van der Waals surface area contributed by atoms with Crippen LogP contribution in [0.15, 0.2) is 48.5 Å². The lowest BCUT2D eigenvalue weighted by Gasteiger charge is -2.26. The lowest BCUT2D eigenvalue weighted by atomic mass is 10.1. The van der Waals surface area contributed by atoms with Crippen molar-refractivity contribution in [3.63, 3.8) is 0 Å². The number of halogens is 1. The van der Waals surface area contributed by atoms with Crippen LogP contribution >= 0.6 is 11.6 Å². The van der Waals surface area contributed by atoms with Crippen molar-refractivity contribution in [3.05, 3.63) is 59.1 Å². The van der Waals surface area contributed by atoms with Gasteiger partial charge in [-0.05, 0) is 55.5 Å². The first-order valence-electron chi connectivity index (χ1n) is 7.88. The SMILES string of the molecule is CC1C(Nc2ccc(C(=O)NO)cc2)CC(=O)N1c1ccc(Cl)cc1. The van der Waals surface area contributed by atoms with E-state index in [1.54, 1.807) is 46.8 Å². The normalized spacial score (nSPS) is 19.8. The van der Waals surface area contributed by atoms with Gasteiger partial charge in [-0.3, -0.25) is 14.8 Å². The van der Waals surface area contributed by atoms with E-state index >= 15 is 0 Å². The van der Waals surface area contributed by atoms with Crippen LogP contribution in [0.2, 0.25) is 5.02 Å². The van der Waals surface area contributed by atoms with Crippen molar-refractivity contribution in [3.8, 4) is 0 Å². The maximum Gasteiger partial charge on any atom is 0.274 e. The zero-order valence-electron chi connectivity index (χ0n) is 13.6. The molecule has 1 fully saturated rings. The average Bonchev–Trinajstić information content (AvgIpc) is 2.89. The molecule has 2 amide bonds. The summed E-state index contributed by atoms with van der Waals surface area (Å²) in [5.74, 6) is -0.520. The largest absolute Gasteiger partial charge is 0.380 e. The van der Waals surface area contributed by atoms with Crippen LogP contribution in [0.5, 0.6) is 0 Å². The molecule has 7 heteroatoms. The second kappa shape index (κ2) is 7.13. The Morgan fingerprint density at radius 1 is 1.16 bits per heavy atom. The van der Waals surface area contributed by atoms with E-state index in [4.69, 9.17) is 16.8 Å². The number of anilines is 2. The molecule has 0 radical (unpaired) electrons. The number of carbonyl (C=O) groups excluding carboxylic acids is 2. The van der Waals surface area contributed by atoms with Gasteiger partial charge in [0, 0.05) is 28.4 Å². The molecule has 2 aromatic carbocycles. The van der Waals surface area contributed by atoms with Crippen LogP contribution in [-0.2, 0) is 4.79 Å². The maximum absolute atomic E-state index is 12.4. The van der Waals surface area contributed by atoms with Crippen molar-refractivity contribution in [2.75, 3.05) is 10.2 Å². The summed E-state index contributed by atoms with van der Waals surface area (Å²) in [5, 5.41) is 12.6. The third-order valence-electron chi connectivity index (χ3n) is 4.36. The zero-order chi connectivity index (χ0) is 18.0. The van der Waals surface area contributed by atoms with Crippen molar-refractivity contribution in [2.45, 2.75) is 25.4 Å². The summed E-state index contributed by atoms with van der Waals surface area (Å²) in [6.07, 6.45) is 0.378. The second-order valence-corrected chi connectivity index (χ2v) is 6.39. The van der Waals surface area contributed by atoms with Crippen LogP contribution in [0.1, 0.15) is 23.7 Å². The summed E-state index contributed by atoms with van der Waals surface area (Å²) in [7, 11) is 0. The van der Waals surface area contributed by atoms with Gasteiger partial charge in [0.2, 0.25) is 5.91 Å². The molecule has 130 valence electrons. The van der Waals surface area contributed by atoms with Crippen molar-refractivity contribution in [1.29, 1.82) is 0 Å². The summed E-state index contributed by atoms with van der Waals surface area (Å²) < 4.78 is 0. The Hall–Kier alpha value is -2.57. The minimum absolute atomic E-state index is 0.0332. The lowest BCUT2D eigenvalue weighted by Crippen LogP contribution is -2.37. The van der Waals surface area contributed by atoms with E-state index in [2.05, 4.69) is 5.32 Å². The van der Waals surface area contributed by atoms with Gasteiger partial charge in [0.05, 0.1) is 12.1 Å². The van der Waals surface area contributed by atoms with Gasteiger partial charge in [-0.1, -0.05) is 11.6 Å². The molecule has 1 aliphatic rings. The van der Waals surface area contributed by atoms with Crippen LogP contribution in [-0.4, -0.2) is 29.1 Å². The van der Waals surface area contributed by atoms with E-state index in [0.717, 1.165) is 11.4 Å². The highest BCUT2D eigenvalue weighted by atomic mass is 35.5. The van der Waals surface area contributed by atoms with E-state index in [1.165, 1.54) is 0 Å². The molecule has 6 nitrogen and oxygen atoms in total. The highest BCUT2D eigenvalue weighted by Gasteiger charge is 2.37. The number of rotatable bonds is 4. The van der Waals surface area contributed by atoms with E-state index in [9.17, 15) is 9.59 Å². The summed E-state index contributed by atoms with van der Waals surface area (Å²) >= 11 is 5.91. The first-order chi connectivity index (χ1) is 12.0. The molecule has 2 unspecified atom stereocenters. The highest BCUT2D eigenvalue weighted by Crippen LogP contribution is 2.29. The fraction of sp³-hybridized carbons (Fsp3) is 0.222. The predicted octanol–water partition coefficient (Wildman–Crippen LogP) is 3.06. The van der Waals surface area contributed by atoms with E-state index < -0.39 is 5.91 Å². The molecule has 25 heavy (non-hydrogen) atoms. The van der Waals surface area contributed by atoms with Crippen molar-refractivity contribution in [2.24, 2.45) is 0 Å². The number of carbonyl (C=O) groups is 2. The third-order valence-corrected chi connectivity index (χ3v) is 4.61. The monoisotopic (exact) mass is 359 g/mol. The molecular weight excluding hydrogens is 342 g/mol. The fourth-order valence-electron chi connectivity index (χ4n) is 3.01. The van der Waals surface area contributed by atoms with Gasteiger partial charge in [-0.2, -0.15) is 0 Å². The topological polar surface area (TPSA) is 81.7 Å². The Morgan fingerprint density at radius 2 is 1.80 bits per heavy atom. The summed E-state index contributed by atoms with van der Waals surface area (Å²) in [4.78, 5) is 25.5. The number of nitrogens with one attached hydrogen (secondary N) is 2. The van der Waals surface area contributed by atoms with Gasteiger partial charge in [0.25, 0.3) is 5.91 Å². The van der Waals surface area contributed by atoms with Crippen LogP contribution in [0.3, 0.4) is 0 Å². The van der Waals surface area contributed by atoms with Gasteiger partial charge in [-0.25, -0.2) is 5.48 Å². The molecule has 2 atom stereocenters. The quantitative estimate of drug-likeness (QED) is 0.579. The molecule has 1 aliphatic heterocycles. The first kappa shape index (κ1) is 17.3. The van der Waals surface area contributed by atoms with Crippen molar-refractivity contribution in [1.82, 2.24) is 5.48 Å². The van der Waals surface area contributed by atoms with Gasteiger partial charge in [0.15, 0.2) is 0 Å². The molecule has 3 rings (SSSR count). The lowest BCUT2D eigenvalue weighted by molar-refractivity contribution is -0.117. The van der Waals surface area contributed by atoms with Gasteiger partial charge < -0.3 is 10.2 Å². The number of nitrogens with zero attached hydrogens (tertiary/aromatic N) is 1. The molecule has 0 spiro atoms. The number of hydroxylamine groups is 1. The second-order valence-electron chi connectivity index (χ2n) is 5.95. The van der Waals surface area contributed by atoms with Crippen LogP contribution in [0.4, 0.5) is 11.4 Å². The Balaban J connectivity index is 1.72. The van der Waals surface area contributed by atoms with E-state index in [0.29, 0.717) is 17.0 Å². The number of amides is 2. The Bertz CT molecular complexity index is 777. The van der Waals surface area contributed by atoms with Gasteiger partial charge in [-0.15, -0.1) is 0 Å². The molecule has 0 bridgehead atoms. The van der Waals surface area contributed by atoms with Crippen LogP contribution in [0.25, 0.3) is 0 Å². The maximum atomic E-state index is 12.4. The fourth-order valence-corrected chi connectivity index (χ4v) is 3.14. The molecular formula is C18H18ClN3O3. The zero-order valence-corrected chi connectivity index (χ0v) is 14.3. The summed E-state index contributed by atoms with van der Waals surface area (Å²) in [6, 6.07) is 13.8. The highest BCUT2D eigenvalue weighted by molar-refractivity contribution is 6.30. The Morgan fingerprint density at radius 3 is 2.40 bits per heavy atom. The van der Waals surface area contributed by atoms with E-state index in [-0.39, 0.29) is 18.0 Å².